The summed E-state index contributed by atoms with van der Waals surface area (Å²) in [7, 11) is 1.75. The molecule has 1 aliphatic rings. The van der Waals surface area contributed by atoms with Crippen LogP contribution in [0.15, 0.2) is 0 Å². The Morgan fingerprint density at radius 2 is 2.40 bits per heavy atom. The minimum atomic E-state index is -1.06. The molecule has 3 atom stereocenters. The molecule has 0 aromatic rings. The molecule has 0 aromatic carbocycles. The van der Waals surface area contributed by atoms with Crippen molar-refractivity contribution in [2.24, 2.45) is 0 Å². The van der Waals surface area contributed by atoms with E-state index in [1.807, 2.05) is 0 Å². The van der Waals surface area contributed by atoms with E-state index in [4.69, 9.17) is 5.11 Å². The monoisotopic (exact) mass is 145 g/mol. The first-order chi connectivity index (χ1) is 4.61. The van der Waals surface area contributed by atoms with Crippen molar-refractivity contribution in [2.75, 3.05) is 13.6 Å². The van der Waals surface area contributed by atoms with Gasteiger partial charge in [0.25, 0.3) is 0 Å². The van der Waals surface area contributed by atoms with Crippen LogP contribution < -0.4 is 10.0 Å². The topological polar surface area (TPSA) is 64.8 Å². The smallest absolute Gasteiger partial charge is 0.130 e. The molecule has 10 heavy (non-hydrogen) atoms. The van der Waals surface area contributed by atoms with Crippen LogP contribution in [0.1, 0.15) is 6.42 Å². The number of likely N-dealkylation sites (tertiary alicyclic amines) is 1. The van der Waals surface area contributed by atoms with Crippen LogP contribution in [-0.4, -0.2) is 36.8 Å². The molecule has 1 saturated heterocycles. The van der Waals surface area contributed by atoms with Crippen LogP contribution in [0.25, 0.3) is 0 Å². The number of likely N-dealkylation sites (N-methyl/N-ethyl adjacent to an activating group) is 1. The lowest BCUT2D eigenvalue weighted by Crippen LogP contribution is -3.12. The highest BCUT2D eigenvalue weighted by Gasteiger charge is 2.32. The highest BCUT2D eigenvalue weighted by molar-refractivity contribution is 5.69. The molecular weight excluding hydrogens is 134 g/mol. The summed E-state index contributed by atoms with van der Waals surface area (Å²) in [4.78, 5) is 11.1. The van der Waals surface area contributed by atoms with Gasteiger partial charge in [0, 0.05) is 6.42 Å². The summed E-state index contributed by atoms with van der Waals surface area (Å²) in [5.74, 6) is -1.06. The van der Waals surface area contributed by atoms with Crippen molar-refractivity contribution in [1.82, 2.24) is 0 Å². The van der Waals surface area contributed by atoms with Crippen molar-refractivity contribution < 1.29 is 19.9 Å². The summed E-state index contributed by atoms with van der Waals surface area (Å²) >= 11 is 0. The average molecular weight is 145 g/mol. The van der Waals surface area contributed by atoms with E-state index >= 15 is 0 Å². The maximum Gasteiger partial charge on any atom is 0.130 e. The second-order valence-corrected chi connectivity index (χ2v) is 2.81. The van der Waals surface area contributed by atoms with Crippen LogP contribution in [0.4, 0.5) is 0 Å². The Hall–Kier alpha value is -0.610. The Kier molecular flexibility index (Phi) is 1.92. The molecule has 1 aliphatic heterocycles. The van der Waals surface area contributed by atoms with Gasteiger partial charge in [0.15, 0.2) is 0 Å². The third kappa shape index (κ3) is 1.27. The van der Waals surface area contributed by atoms with E-state index in [1.165, 1.54) is 0 Å². The summed E-state index contributed by atoms with van der Waals surface area (Å²) in [6.07, 6.45) is -0.142. The maximum atomic E-state index is 10.3. The molecule has 1 rings (SSSR count). The first-order valence-electron chi connectivity index (χ1n) is 3.32. The molecule has 2 N–H and O–H groups in total. The Morgan fingerprint density at radius 3 is 2.60 bits per heavy atom. The van der Waals surface area contributed by atoms with E-state index in [2.05, 4.69) is 0 Å². The Bertz CT molecular complexity index is 148. The van der Waals surface area contributed by atoms with Gasteiger partial charge in [0.1, 0.15) is 18.7 Å². The van der Waals surface area contributed by atoms with Crippen LogP contribution in [-0.2, 0) is 4.79 Å². The molecule has 0 bridgehead atoms. The lowest BCUT2D eigenvalue weighted by atomic mass is 10.2. The van der Waals surface area contributed by atoms with Gasteiger partial charge in [-0.3, -0.25) is 0 Å². The van der Waals surface area contributed by atoms with E-state index in [9.17, 15) is 9.90 Å². The molecule has 1 heterocycles. The molecule has 0 aliphatic carbocycles. The Morgan fingerprint density at radius 1 is 1.80 bits per heavy atom. The zero-order valence-electron chi connectivity index (χ0n) is 5.83. The van der Waals surface area contributed by atoms with Gasteiger partial charge < -0.3 is 19.9 Å². The number of hydrogen-bond acceptors (Lipinski definition) is 3. The second-order valence-electron chi connectivity index (χ2n) is 2.81. The quantitative estimate of drug-likeness (QED) is 0.400. The van der Waals surface area contributed by atoms with E-state index in [1.54, 1.807) is 7.05 Å². The fourth-order valence-corrected chi connectivity index (χ4v) is 1.37. The molecule has 1 unspecified atom stereocenters. The molecule has 1 fully saturated rings. The summed E-state index contributed by atoms with van der Waals surface area (Å²) in [6, 6.07) is -0.519. The van der Waals surface area contributed by atoms with Gasteiger partial charge in [0.05, 0.1) is 13.0 Å². The van der Waals surface area contributed by atoms with Gasteiger partial charge in [-0.15, -0.1) is 0 Å². The number of hydrogen-bond donors (Lipinski definition) is 2. The lowest BCUT2D eigenvalue weighted by molar-refractivity contribution is -0.886. The van der Waals surface area contributed by atoms with Gasteiger partial charge >= 0.3 is 0 Å². The number of carbonyl (C=O) groups is 1. The molecule has 4 nitrogen and oxygen atoms in total. The number of quaternary nitrogens is 1. The van der Waals surface area contributed by atoms with Crippen LogP contribution in [0.2, 0.25) is 0 Å². The van der Waals surface area contributed by atoms with Crippen LogP contribution in [0.3, 0.4) is 0 Å². The molecule has 0 aromatic heterocycles. The standard InChI is InChI=1S/C6H11NO3/c1-7-3-4(8)2-5(7)6(9)10/h4-5,8H,2-3H2,1H3,(H,9,10)/t4-,5+/m1/s1. The van der Waals surface area contributed by atoms with Crippen LogP contribution in [0, 0.1) is 0 Å². The van der Waals surface area contributed by atoms with Crippen molar-refractivity contribution in [3.63, 3.8) is 0 Å². The zero-order chi connectivity index (χ0) is 7.72. The number of carboxylic acid groups (broad SMARTS) is 1. The van der Waals surface area contributed by atoms with Crippen molar-refractivity contribution >= 4 is 5.97 Å². The maximum absolute atomic E-state index is 10.3. The fraction of sp³-hybridized carbons (Fsp3) is 0.833. The van der Waals surface area contributed by atoms with Gasteiger partial charge in [-0.05, 0) is 0 Å². The number of rotatable bonds is 1. The number of carbonyl (C=O) groups excluding carboxylic acids is 1. The van der Waals surface area contributed by atoms with Crippen molar-refractivity contribution in [2.45, 2.75) is 18.6 Å². The highest BCUT2D eigenvalue weighted by atomic mass is 16.4. The number of carboxylic acids is 1. The Labute approximate surface area is 59.1 Å². The number of aliphatic carboxylic acids is 1. The average Bonchev–Trinajstić information content (AvgIpc) is 2.10. The third-order valence-electron chi connectivity index (χ3n) is 1.94. The van der Waals surface area contributed by atoms with E-state index in [-0.39, 0.29) is 0 Å². The van der Waals surface area contributed by atoms with Crippen LogP contribution in [0.5, 0.6) is 0 Å². The molecule has 0 saturated carbocycles. The number of aliphatic hydroxyl groups is 1. The summed E-state index contributed by atoms with van der Waals surface area (Å²) in [6.45, 7) is 0.513. The summed E-state index contributed by atoms with van der Waals surface area (Å²) in [5, 5.41) is 19.3. The predicted octanol–water partition coefficient (Wildman–Crippen LogP) is -3.62. The normalized spacial score (nSPS) is 40.0. The minimum absolute atomic E-state index is 0.328. The lowest BCUT2D eigenvalue weighted by Gasteiger charge is -2.15. The molecule has 0 amide bonds. The third-order valence-corrected chi connectivity index (χ3v) is 1.94. The first-order valence-corrected chi connectivity index (χ1v) is 3.32. The van der Waals surface area contributed by atoms with E-state index in [0.29, 0.717) is 13.0 Å². The van der Waals surface area contributed by atoms with E-state index in [0.717, 1.165) is 4.90 Å². The molecule has 4 heteroatoms. The van der Waals surface area contributed by atoms with Crippen molar-refractivity contribution in [3.05, 3.63) is 0 Å². The van der Waals surface area contributed by atoms with Gasteiger partial charge in [-0.2, -0.15) is 0 Å². The van der Waals surface area contributed by atoms with Crippen molar-refractivity contribution in [3.8, 4) is 0 Å². The minimum Gasteiger partial charge on any atom is -0.544 e. The zero-order valence-corrected chi connectivity index (χ0v) is 5.83. The first kappa shape index (κ1) is 7.50. The fourth-order valence-electron chi connectivity index (χ4n) is 1.37. The van der Waals surface area contributed by atoms with Crippen molar-refractivity contribution in [1.29, 1.82) is 0 Å². The highest BCUT2D eigenvalue weighted by Crippen LogP contribution is 1.98. The van der Waals surface area contributed by atoms with Crippen LogP contribution >= 0.6 is 0 Å². The number of aliphatic hydroxyl groups excluding tert-OH is 1. The Balaban J connectivity index is 2.54. The number of nitrogens with one attached hydrogen (secondary N) is 1. The van der Waals surface area contributed by atoms with Gasteiger partial charge in [-0.25, -0.2) is 0 Å². The largest absolute Gasteiger partial charge is 0.544 e. The summed E-state index contributed by atoms with van der Waals surface area (Å²) < 4.78 is 0. The molecule has 58 valence electrons. The SMILES string of the molecule is C[NH+]1C[C@H](O)C[C@H]1C(=O)[O-]. The van der Waals surface area contributed by atoms with E-state index < -0.39 is 18.1 Å². The molecule has 0 radical (unpaired) electrons. The molecular formula is C6H11NO3. The summed E-state index contributed by atoms with van der Waals surface area (Å²) in [5.41, 5.74) is 0. The van der Waals surface area contributed by atoms with Gasteiger partial charge in [-0.1, -0.05) is 0 Å². The molecule has 0 spiro atoms. The van der Waals surface area contributed by atoms with Gasteiger partial charge in [0.2, 0.25) is 0 Å². The second kappa shape index (κ2) is 2.56. The predicted molar refractivity (Wildman–Crippen MR) is 31.2 cm³/mol.